The van der Waals surface area contributed by atoms with Crippen molar-refractivity contribution in [2.45, 2.75) is 65.1 Å². The summed E-state index contributed by atoms with van der Waals surface area (Å²) in [5.41, 5.74) is 3.83. The van der Waals surface area contributed by atoms with Crippen LogP contribution in [-0.4, -0.2) is 27.6 Å². The standard InChI is InChI=1S/C15H24BrN3O/c1-4-8-18-10-13(16)9-14(18)15(20)17-19-11(2)6-5-7-12(19)3/h9-12H,4-8H2,1-3H3,(H,17,20). The van der Waals surface area contributed by atoms with Crippen LogP contribution in [0.25, 0.3) is 0 Å². The zero-order valence-corrected chi connectivity index (χ0v) is 14.1. The Bertz CT molecular complexity index is 462. The van der Waals surface area contributed by atoms with E-state index >= 15 is 0 Å². The first-order valence-electron chi connectivity index (χ1n) is 7.48. The maximum atomic E-state index is 12.5. The van der Waals surface area contributed by atoms with Gasteiger partial charge in [-0.25, -0.2) is 5.01 Å². The molecule has 4 nitrogen and oxygen atoms in total. The normalized spacial score (nSPS) is 23.8. The Labute approximate surface area is 129 Å². The van der Waals surface area contributed by atoms with Gasteiger partial charge in [0.2, 0.25) is 0 Å². The van der Waals surface area contributed by atoms with Crippen LogP contribution < -0.4 is 5.43 Å². The molecule has 1 aliphatic rings. The number of amides is 1. The summed E-state index contributed by atoms with van der Waals surface area (Å²) in [6, 6.07) is 2.70. The van der Waals surface area contributed by atoms with E-state index in [-0.39, 0.29) is 5.91 Å². The molecule has 2 rings (SSSR count). The summed E-state index contributed by atoms with van der Waals surface area (Å²) in [5, 5.41) is 2.11. The van der Waals surface area contributed by atoms with Crippen molar-refractivity contribution in [2.75, 3.05) is 0 Å². The van der Waals surface area contributed by atoms with Crippen LogP contribution >= 0.6 is 15.9 Å². The van der Waals surface area contributed by atoms with E-state index in [9.17, 15) is 4.79 Å². The number of hydrogen-bond donors (Lipinski definition) is 1. The number of hydrogen-bond acceptors (Lipinski definition) is 2. The first-order chi connectivity index (χ1) is 9.52. The molecule has 20 heavy (non-hydrogen) atoms. The molecule has 0 bridgehead atoms. The molecule has 2 atom stereocenters. The highest BCUT2D eigenvalue weighted by atomic mass is 79.9. The van der Waals surface area contributed by atoms with E-state index in [1.165, 1.54) is 6.42 Å². The third-order valence-electron chi connectivity index (χ3n) is 3.98. The Morgan fingerprint density at radius 3 is 2.65 bits per heavy atom. The zero-order valence-electron chi connectivity index (χ0n) is 12.5. The summed E-state index contributed by atoms with van der Waals surface area (Å²) in [6.07, 6.45) is 6.51. The van der Waals surface area contributed by atoms with Crippen molar-refractivity contribution in [1.82, 2.24) is 15.0 Å². The van der Waals surface area contributed by atoms with Crippen molar-refractivity contribution in [1.29, 1.82) is 0 Å². The first kappa shape index (κ1) is 15.6. The van der Waals surface area contributed by atoms with Crippen LogP contribution in [-0.2, 0) is 6.54 Å². The highest BCUT2D eigenvalue weighted by Crippen LogP contribution is 2.21. The summed E-state index contributed by atoms with van der Waals surface area (Å²) in [6.45, 7) is 7.33. The molecule has 1 saturated heterocycles. The van der Waals surface area contributed by atoms with Gasteiger partial charge < -0.3 is 4.57 Å². The fraction of sp³-hybridized carbons (Fsp3) is 0.667. The summed E-state index contributed by atoms with van der Waals surface area (Å²) < 4.78 is 2.97. The van der Waals surface area contributed by atoms with E-state index in [0.717, 1.165) is 36.0 Å². The van der Waals surface area contributed by atoms with Crippen molar-refractivity contribution in [2.24, 2.45) is 0 Å². The molecule has 0 saturated carbocycles. The van der Waals surface area contributed by atoms with Crippen LogP contribution in [0.5, 0.6) is 0 Å². The molecule has 2 heterocycles. The molecule has 5 heteroatoms. The lowest BCUT2D eigenvalue weighted by Gasteiger charge is -2.38. The van der Waals surface area contributed by atoms with Gasteiger partial charge >= 0.3 is 0 Å². The van der Waals surface area contributed by atoms with Gasteiger partial charge in [0.05, 0.1) is 0 Å². The van der Waals surface area contributed by atoms with Crippen molar-refractivity contribution in [3.05, 3.63) is 22.4 Å². The van der Waals surface area contributed by atoms with Gasteiger partial charge in [0.15, 0.2) is 0 Å². The number of halogens is 1. The summed E-state index contributed by atoms with van der Waals surface area (Å²) in [4.78, 5) is 12.5. The van der Waals surface area contributed by atoms with Crippen LogP contribution in [0.4, 0.5) is 0 Å². The maximum absolute atomic E-state index is 12.5. The van der Waals surface area contributed by atoms with E-state index < -0.39 is 0 Å². The maximum Gasteiger partial charge on any atom is 0.282 e. The van der Waals surface area contributed by atoms with E-state index in [0.29, 0.717) is 12.1 Å². The third kappa shape index (κ3) is 3.44. The molecule has 0 radical (unpaired) electrons. The predicted octanol–water partition coefficient (Wildman–Crippen LogP) is 3.57. The van der Waals surface area contributed by atoms with Gasteiger partial charge in [-0.1, -0.05) is 13.3 Å². The van der Waals surface area contributed by atoms with Crippen molar-refractivity contribution < 1.29 is 4.79 Å². The molecule has 0 aromatic carbocycles. The molecule has 2 unspecified atom stereocenters. The molecule has 1 aromatic heterocycles. The van der Waals surface area contributed by atoms with Crippen LogP contribution in [0.15, 0.2) is 16.7 Å². The molecule has 1 aromatic rings. The van der Waals surface area contributed by atoms with Gasteiger partial charge in [-0.15, -0.1) is 0 Å². The third-order valence-corrected chi connectivity index (χ3v) is 4.42. The van der Waals surface area contributed by atoms with Crippen LogP contribution in [0.2, 0.25) is 0 Å². The van der Waals surface area contributed by atoms with E-state index in [2.05, 4.69) is 47.1 Å². The lowest BCUT2D eigenvalue weighted by atomic mass is 10.00. The average Bonchev–Trinajstić information content (AvgIpc) is 2.75. The van der Waals surface area contributed by atoms with Gasteiger partial charge in [0.1, 0.15) is 5.69 Å². The van der Waals surface area contributed by atoms with Gasteiger partial charge in [-0.3, -0.25) is 10.2 Å². The quantitative estimate of drug-likeness (QED) is 0.908. The first-order valence-corrected chi connectivity index (χ1v) is 8.27. The van der Waals surface area contributed by atoms with Crippen molar-refractivity contribution >= 4 is 21.8 Å². The Kier molecular flexibility index (Phi) is 5.27. The number of carbonyl (C=O) groups excluding carboxylic acids is 1. The molecular weight excluding hydrogens is 318 g/mol. The van der Waals surface area contributed by atoms with Crippen LogP contribution in [0.1, 0.15) is 56.9 Å². The van der Waals surface area contributed by atoms with Crippen molar-refractivity contribution in [3.63, 3.8) is 0 Å². The van der Waals surface area contributed by atoms with Gasteiger partial charge in [0, 0.05) is 29.3 Å². The van der Waals surface area contributed by atoms with Crippen LogP contribution in [0.3, 0.4) is 0 Å². The predicted molar refractivity (Wildman–Crippen MR) is 84.5 cm³/mol. The number of nitrogens with one attached hydrogen (secondary N) is 1. The number of aryl methyl sites for hydroxylation is 1. The minimum absolute atomic E-state index is 0.00949. The van der Waals surface area contributed by atoms with Gasteiger partial charge in [0.25, 0.3) is 5.91 Å². The second-order valence-corrected chi connectivity index (χ2v) is 6.63. The smallest absolute Gasteiger partial charge is 0.282 e. The summed E-state index contributed by atoms with van der Waals surface area (Å²) in [7, 11) is 0. The van der Waals surface area contributed by atoms with E-state index in [1.54, 1.807) is 0 Å². The van der Waals surface area contributed by atoms with E-state index in [4.69, 9.17) is 0 Å². The topological polar surface area (TPSA) is 37.3 Å². The molecule has 0 aliphatic carbocycles. The minimum atomic E-state index is -0.00949. The fourth-order valence-electron chi connectivity index (χ4n) is 2.91. The second kappa shape index (κ2) is 6.76. The van der Waals surface area contributed by atoms with Gasteiger partial charge in [-0.05, 0) is 55.1 Å². The Morgan fingerprint density at radius 1 is 1.40 bits per heavy atom. The number of nitrogens with zero attached hydrogens (tertiary/aromatic N) is 2. The number of aromatic nitrogens is 1. The Balaban J connectivity index is 2.11. The molecule has 1 amide bonds. The Morgan fingerprint density at radius 2 is 2.05 bits per heavy atom. The largest absolute Gasteiger partial charge is 0.342 e. The molecule has 112 valence electrons. The number of rotatable bonds is 4. The lowest BCUT2D eigenvalue weighted by molar-refractivity contribution is 0.0363. The van der Waals surface area contributed by atoms with Gasteiger partial charge in [-0.2, -0.15) is 0 Å². The highest BCUT2D eigenvalue weighted by Gasteiger charge is 2.27. The SMILES string of the molecule is CCCn1cc(Br)cc1C(=O)NN1C(C)CCCC1C. The molecule has 1 fully saturated rings. The van der Waals surface area contributed by atoms with Crippen LogP contribution in [0, 0.1) is 0 Å². The van der Waals surface area contributed by atoms with Crippen molar-refractivity contribution in [3.8, 4) is 0 Å². The summed E-state index contributed by atoms with van der Waals surface area (Å²) >= 11 is 3.46. The fourth-order valence-corrected chi connectivity index (χ4v) is 3.37. The number of carbonyl (C=O) groups is 1. The number of hydrazine groups is 1. The molecular formula is C15H24BrN3O. The van der Waals surface area contributed by atoms with E-state index in [1.807, 2.05) is 16.8 Å². The molecule has 0 spiro atoms. The highest BCUT2D eigenvalue weighted by molar-refractivity contribution is 9.10. The summed E-state index contributed by atoms with van der Waals surface area (Å²) in [5.74, 6) is -0.00949. The number of piperidine rings is 1. The Hall–Kier alpha value is -0.810. The zero-order chi connectivity index (χ0) is 14.7. The lowest BCUT2D eigenvalue weighted by Crippen LogP contribution is -2.54. The minimum Gasteiger partial charge on any atom is -0.342 e. The monoisotopic (exact) mass is 341 g/mol. The molecule has 1 aliphatic heterocycles. The average molecular weight is 342 g/mol. The second-order valence-electron chi connectivity index (χ2n) is 5.71. The molecule has 1 N–H and O–H groups in total.